The Morgan fingerprint density at radius 3 is 0.828 bits per heavy atom. The van der Waals surface area contributed by atoms with Crippen molar-refractivity contribution in [2.24, 2.45) is 0 Å². The van der Waals surface area contributed by atoms with E-state index in [1.165, 1.54) is 0 Å². The highest BCUT2D eigenvalue weighted by Gasteiger charge is 2.53. The Morgan fingerprint density at radius 1 is 0.517 bits per heavy atom. The van der Waals surface area contributed by atoms with Crippen LogP contribution >= 0.6 is 14.3 Å². The van der Waals surface area contributed by atoms with Gasteiger partial charge >= 0.3 is 0 Å². The average Bonchev–Trinajstić information content (AvgIpc) is 2.29. The van der Waals surface area contributed by atoms with Gasteiger partial charge in [0.15, 0.2) is 0 Å². The van der Waals surface area contributed by atoms with E-state index in [1.807, 2.05) is 0 Å². The zero-order valence-corrected chi connectivity index (χ0v) is 26.4. The molecule has 0 saturated heterocycles. The monoisotopic (exact) mass is 481 g/mol. The van der Waals surface area contributed by atoms with E-state index >= 15 is 0 Å². The van der Waals surface area contributed by atoms with E-state index < -0.39 is 30.8 Å². The molecule has 0 amide bonds. The Kier molecular flexibility index (Phi) is 8.57. The number of rotatable bonds is 6. The summed E-state index contributed by atoms with van der Waals surface area (Å²) in [6.45, 7) is 35.0. The van der Waals surface area contributed by atoms with E-state index in [4.69, 9.17) is 0 Å². The quantitative estimate of drug-likeness (QED) is 0.309. The molecular formula is C22H53NO2P2Si2. The van der Waals surface area contributed by atoms with Gasteiger partial charge in [0.1, 0.15) is 16.5 Å². The molecule has 176 valence electrons. The van der Waals surface area contributed by atoms with Crippen molar-refractivity contribution in [3.63, 3.8) is 0 Å². The van der Waals surface area contributed by atoms with Crippen molar-refractivity contribution in [3.8, 4) is 0 Å². The Balaban J connectivity index is 5.99. The molecule has 0 atom stereocenters. The van der Waals surface area contributed by atoms with E-state index in [9.17, 15) is 9.13 Å². The number of hydrogen-bond donors (Lipinski definition) is 1. The first-order valence-corrected chi connectivity index (χ1v) is 21.3. The van der Waals surface area contributed by atoms with E-state index in [-0.39, 0.29) is 20.6 Å². The van der Waals surface area contributed by atoms with Gasteiger partial charge in [0, 0.05) is 32.2 Å². The summed E-state index contributed by atoms with van der Waals surface area (Å²) in [5.41, 5.74) is 0. The molecule has 0 radical (unpaired) electrons. The largest absolute Gasteiger partial charge is 0.359 e. The van der Waals surface area contributed by atoms with Gasteiger partial charge in [-0.3, -0.25) is 0 Å². The molecule has 0 saturated carbocycles. The summed E-state index contributed by atoms with van der Waals surface area (Å²) in [7, 11) is -8.89. The first-order valence-electron chi connectivity index (χ1n) is 11.1. The van der Waals surface area contributed by atoms with Gasteiger partial charge in [-0.25, -0.2) is 0 Å². The first kappa shape index (κ1) is 29.9. The lowest BCUT2D eigenvalue weighted by atomic mass is 10.2. The van der Waals surface area contributed by atoms with Crippen LogP contribution in [-0.4, -0.2) is 48.7 Å². The summed E-state index contributed by atoms with van der Waals surface area (Å²) in [4.78, 5) is 0. The molecule has 0 aromatic rings. The van der Waals surface area contributed by atoms with Crippen LogP contribution in [0.4, 0.5) is 0 Å². The second-order valence-corrected chi connectivity index (χ2v) is 33.8. The van der Waals surface area contributed by atoms with Gasteiger partial charge < -0.3 is 13.8 Å². The molecule has 0 spiro atoms. The fourth-order valence-corrected chi connectivity index (χ4v) is 35.0. The van der Waals surface area contributed by atoms with Crippen LogP contribution in [0.25, 0.3) is 0 Å². The summed E-state index contributed by atoms with van der Waals surface area (Å²) in [6.07, 6.45) is 0. The van der Waals surface area contributed by atoms with Crippen LogP contribution in [0.2, 0.25) is 26.2 Å². The lowest BCUT2D eigenvalue weighted by Crippen LogP contribution is -2.64. The van der Waals surface area contributed by atoms with Gasteiger partial charge in [-0.1, -0.05) is 109 Å². The highest BCUT2D eigenvalue weighted by molar-refractivity contribution is 7.70. The van der Waals surface area contributed by atoms with Crippen molar-refractivity contribution in [3.05, 3.63) is 0 Å². The lowest BCUT2D eigenvalue weighted by molar-refractivity contribution is 0.521. The minimum absolute atomic E-state index is 0.213. The van der Waals surface area contributed by atoms with Gasteiger partial charge in [-0.15, -0.1) is 0 Å². The molecule has 0 heterocycles. The van der Waals surface area contributed by atoms with Crippen molar-refractivity contribution in [1.29, 1.82) is 0 Å². The van der Waals surface area contributed by atoms with Gasteiger partial charge in [-0.05, 0) is 0 Å². The van der Waals surface area contributed by atoms with Crippen LogP contribution in [0.3, 0.4) is 0 Å². The van der Waals surface area contributed by atoms with Crippen molar-refractivity contribution < 1.29 is 9.13 Å². The maximum absolute atomic E-state index is 14.3. The van der Waals surface area contributed by atoms with Crippen LogP contribution in [0.1, 0.15) is 83.1 Å². The Hall–Kier alpha value is 0.854. The predicted molar refractivity (Wildman–Crippen MR) is 142 cm³/mol. The Bertz CT molecular complexity index is 579. The fraction of sp³-hybridized carbons (Fsp3) is 1.00. The molecule has 29 heavy (non-hydrogen) atoms. The Morgan fingerprint density at radius 2 is 0.690 bits per heavy atom. The van der Waals surface area contributed by atoms with Crippen molar-refractivity contribution in [2.75, 3.05) is 11.6 Å². The van der Waals surface area contributed by atoms with Gasteiger partial charge in [0.25, 0.3) is 0 Å². The minimum atomic E-state index is -2.46. The van der Waals surface area contributed by atoms with Crippen molar-refractivity contribution >= 4 is 30.8 Å². The third-order valence-electron chi connectivity index (χ3n) is 6.25. The van der Waals surface area contributed by atoms with E-state index in [0.717, 1.165) is 11.6 Å². The molecule has 0 rings (SSSR count). The standard InChI is InChI=1S/C22H53NO2P2Si2/c1-19(2,3)26(24,20(4,5)6)17-28(13,14)23-29(15,16)18-27(25,21(7,8)9)22(10,11)12/h23H,17-18H2,1-16H3. The van der Waals surface area contributed by atoms with E-state index in [2.05, 4.69) is 114 Å². The molecule has 1 N–H and O–H groups in total. The van der Waals surface area contributed by atoms with Crippen LogP contribution in [0.15, 0.2) is 0 Å². The van der Waals surface area contributed by atoms with Crippen molar-refractivity contribution in [1.82, 2.24) is 4.65 Å². The zero-order chi connectivity index (χ0) is 24.1. The maximum Gasteiger partial charge on any atom is 0.120 e. The molecule has 0 aliphatic rings. The van der Waals surface area contributed by atoms with Crippen LogP contribution < -0.4 is 4.65 Å². The lowest BCUT2D eigenvalue weighted by Gasteiger charge is -2.48. The minimum Gasteiger partial charge on any atom is -0.359 e. The van der Waals surface area contributed by atoms with Gasteiger partial charge in [0.2, 0.25) is 0 Å². The topological polar surface area (TPSA) is 46.2 Å². The summed E-state index contributed by atoms with van der Waals surface area (Å²) >= 11 is 0. The zero-order valence-electron chi connectivity index (χ0n) is 22.6. The van der Waals surface area contributed by atoms with Crippen molar-refractivity contribution in [2.45, 2.75) is 130 Å². The normalized spacial score (nSPS) is 16.3. The molecule has 0 unspecified atom stereocenters. The third kappa shape index (κ3) is 6.92. The first-order chi connectivity index (χ1) is 12.1. The molecule has 0 bridgehead atoms. The smallest absolute Gasteiger partial charge is 0.120 e. The van der Waals surface area contributed by atoms with Gasteiger partial charge in [0.05, 0.1) is 14.3 Å². The molecule has 7 heteroatoms. The molecule has 0 aromatic heterocycles. The Labute approximate surface area is 185 Å². The average molecular weight is 482 g/mol. The van der Waals surface area contributed by atoms with Gasteiger partial charge in [-0.2, -0.15) is 0 Å². The highest BCUT2D eigenvalue weighted by atomic mass is 31.2. The molecular weight excluding hydrogens is 428 g/mol. The summed E-state index contributed by atoms with van der Waals surface area (Å²) in [5, 5.41) is -0.853. The van der Waals surface area contributed by atoms with Crippen LogP contribution in [0, 0.1) is 0 Å². The molecule has 0 aliphatic heterocycles. The molecule has 0 fully saturated rings. The molecule has 0 aromatic carbocycles. The number of nitrogens with one attached hydrogen (secondary N) is 1. The maximum atomic E-state index is 14.3. The molecule has 0 aliphatic carbocycles. The van der Waals surface area contributed by atoms with Crippen LogP contribution in [0.5, 0.6) is 0 Å². The highest BCUT2D eigenvalue weighted by Crippen LogP contribution is 2.69. The predicted octanol–water partition coefficient (Wildman–Crippen LogP) is 7.98. The summed E-state index contributed by atoms with van der Waals surface area (Å²) < 4.78 is 32.7. The second kappa shape index (κ2) is 8.33. The van der Waals surface area contributed by atoms with E-state index in [1.54, 1.807) is 0 Å². The summed E-state index contributed by atoms with van der Waals surface area (Å²) in [6, 6.07) is 0. The second-order valence-electron chi connectivity index (χ2n) is 14.4. The SMILES string of the molecule is CC(C)(C)P(=O)(C[Si](C)(C)N[Si](C)(C)CP(=O)(C(C)(C)C)C(C)(C)C)C(C)(C)C. The fourth-order valence-electron chi connectivity index (χ4n) is 5.07. The third-order valence-corrected chi connectivity index (χ3v) is 30.2. The van der Waals surface area contributed by atoms with Crippen LogP contribution in [-0.2, 0) is 9.13 Å². The van der Waals surface area contributed by atoms with E-state index in [0.29, 0.717) is 0 Å². The summed E-state index contributed by atoms with van der Waals surface area (Å²) in [5.74, 6) is 1.58. The number of hydrogen-bond acceptors (Lipinski definition) is 3. The molecule has 3 nitrogen and oxygen atoms in total.